The second kappa shape index (κ2) is 24.8. The molecular formula is C54H70N2O11. The summed E-state index contributed by atoms with van der Waals surface area (Å²) in [5.74, 6) is -2.31. The Hall–Kier alpha value is -6.60. The maximum atomic E-state index is 13.8. The van der Waals surface area contributed by atoms with Crippen LogP contribution in [0.4, 0.5) is 22.7 Å². The highest BCUT2D eigenvalue weighted by Crippen LogP contribution is 2.39. The Morgan fingerprint density at radius 2 is 1.03 bits per heavy atom. The number of nitrogens with one attached hydrogen (secondary N) is 2. The van der Waals surface area contributed by atoms with Gasteiger partial charge in [-0.1, -0.05) is 88.9 Å². The molecule has 4 aromatic carbocycles. The summed E-state index contributed by atoms with van der Waals surface area (Å²) < 4.78 is 15.2. The van der Waals surface area contributed by atoms with Gasteiger partial charge in [0.05, 0.1) is 38.7 Å². The van der Waals surface area contributed by atoms with Gasteiger partial charge in [0.2, 0.25) is 0 Å². The maximum Gasteiger partial charge on any atom is 0.333 e. The lowest BCUT2D eigenvalue weighted by Gasteiger charge is -2.24. The molecule has 67 heavy (non-hydrogen) atoms. The van der Waals surface area contributed by atoms with Crippen LogP contribution in [0.2, 0.25) is 0 Å². The molecule has 1 aliphatic rings. The number of anilines is 4. The fourth-order valence-corrected chi connectivity index (χ4v) is 5.56. The SMILES string of the molecule is C.C=C(C)C(=O)OCC(O)COC(=O)C(C)(C)CC.CCC(C)(C)C(=O)O.CCC(C)(C)C(=O)OCc1ccc(Nc2ccc(Nc3ccc(C)cc3)c3c2C(=O)c2ccccc2C3=O)cc1. The van der Waals surface area contributed by atoms with E-state index in [9.17, 15) is 33.9 Å². The lowest BCUT2D eigenvalue weighted by Crippen LogP contribution is -2.31. The minimum absolute atomic E-state index is 0. The molecule has 0 aliphatic heterocycles. The molecule has 1 aliphatic carbocycles. The number of ketones is 2. The van der Waals surface area contributed by atoms with Crippen molar-refractivity contribution < 1.29 is 53.2 Å². The highest BCUT2D eigenvalue weighted by Gasteiger charge is 2.34. The zero-order chi connectivity index (χ0) is 49.6. The first kappa shape index (κ1) is 56.5. The third-order valence-corrected chi connectivity index (χ3v) is 11.5. The van der Waals surface area contributed by atoms with Gasteiger partial charge < -0.3 is 35.1 Å². The van der Waals surface area contributed by atoms with Crippen LogP contribution in [-0.2, 0) is 40.0 Å². The number of benzene rings is 4. The van der Waals surface area contributed by atoms with Gasteiger partial charge in [-0.25, -0.2) is 4.79 Å². The smallest absolute Gasteiger partial charge is 0.333 e. The summed E-state index contributed by atoms with van der Waals surface area (Å²) in [5, 5.41) is 24.6. The van der Waals surface area contributed by atoms with E-state index >= 15 is 0 Å². The Morgan fingerprint density at radius 3 is 1.42 bits per heavy atom. The monoisotopic (exact) mass is 922 g/mol. The first-order chi connectivity index (χ1) is 30.9. The first-order valence-electron chi connectivity index (χ1n) is 22.0. The number of rotatable bonds is 17. The number of aliphatic hydroxyl groups is 1. The highest BCUT2D eigenvalue weighted by atomic mass is 16.6. The molecule has 1 unspecified atom stereocenters. The average Bonchev–Trinajstić information content (AvgIpc) is 3.30. The third kappa shape index (κ3) is 15.8. The molecule has 4 aromatic rings. The molecular weight excluding hydrogens is 853 g/mol. The number of carbonyl (C=O) groups excluding carboxylic acids is 5. The molecule has 5 rings (SSSR count). The topological polar surface area (TPSA) is 195 Å². The van der Waals surface area contributed by atoms with E-state index in [1.165, 1.54) is 6.92 Å². The predicted molar refractivity (Wildman–Crippen MR) is 263 cm³/mol. The van der Waals surface area contributed by atoms with Gasteiger partial charge in [0.1, 0.15) is 25.9 Å². The normalized spacial score (nSPS) is 12.2. The van der Waals surface area contributed by atoms with Crippen molar-refractivity contribution in [1.29, 1.82) is 0 Å². The standard InChI is InChI=1S/C34H32N2O4.C13H22O5.C6H12O2.CH4/c1-5-34(3,4)33(39)40-20-22-12-16-24(17-13-22)36-28-19-18-27(35-23-14-10-21(2)11-15-23)29-30(28)32(38)26-9-7-6-8-25(26)31(29)37;1-6-13(4,5)12(16)18-8-10(14)7-17-11(15)9(2)3;1-4-6(2,3)5(7)8;/h6-19,35-36H,5,20H2,1-4H3;10,14H,2,6-8H2,1,3-5H3;4H2,1-3H3,(H,7,8);1H4. The summed E-state index contributed by atoms with van der Waals surface area (Å²) in [6, 6.07) is 25.9. The molecule has 0 radical (unpaired) electrons. The van der Waals surface area contributed by atoms with Crippen LogP contribution in [0, 0.1) is 23.2 Å². The minimum atomic E-state index is -1.02. The van der Waals surface area contributed by atoms with Crippen LogP contribution in [0.1, 0.15) is 139 Å². The van der Waals surface area contributed by atoms with E-state index in [-0.39, 0.29) is 56.3 Å². The van der Waals surface area contributed by atoms with Gasteiger partial charge in [-0.15, -0.1) is 0 Å². The summed E-state index contributed by atoms with van der Waals surface area (Å²) in [7, 11) is 0. The van der Waals surface area contributed by atoms with Gasteiger partial charge in [0, 0.05) is 28.1 Å². The van der Waals surface area contributed by atoms with Gasteiger partial charge in [-0.2, -0.15) is 0 Å². The van der Waals surface area contributed by atoms with Crippen LogP contribution in [0.3, 0.4) is 0 Å². The second-order valence-corrected chi connectivity index (χ2v) is 18.2. The Morgan fingerprint density at radius 1 is 0.627 bits per heavy atom. The van der Waals surface area contributed by atoms with Crippen LogP contribution in [0.15, 0.2) is 97.1 Å². The summed E-state index contributed by atoms with van der Waals surface area (Å²) in [5.41, 5.74) is 4.74. The summed E-state index contributed by atoms with van der Waals surface area (Å²) in [4.78, 5) is 72.7. The van der Waals surface area contributed by atoms with E-state index in [2.05, 4.69) is 17.2 Å². The van der Waals surface area contributed by atoms with Crippen molar-refractivity contribution in [3.8, 4) is 0 Å². The fourth-order valence-electron chi connectivity index (χ4n) is 5.56. The lowest BCUT2D eigenvalue weighted by atomic mass is 9.82. The number of hydrogen-bond donors (Lipinski definition) is 4. The van der Waals surface area contributed by atoms with E-state index in [0.29, 0.717) is 52.9 Å². The van der Waals surface area contributed by atoms with Gasteiger partial charge in [-0.3, -0.25) is 24.0 Å². The average molecular weight is 923 g/mol. The van der Waals surface area contributed by atoms with Crippen LogP contribution < -0.4 is 10.6 Å². The largest absolute Gasteiger partial charge is 0.481 e. The number of aliphatic hydroxyl groups excluding tert-OH is 1. The molecule has 13 nitrogen and oxygen atoms in total. The molecule has 0 aromatic heterocycles. The summed E-state index contributed by atoms with van der Waals surface area (Å²) in [6.45, 7) is 23.1. The second-order valence-electron chi connectivity index (χ2n) is 18.2. The van der Waals surface area contributed by atoms with Crippen LogP contribution in [-0.4, -0.2) is 65.0 Å². The summed E-state index contributed by atoms with van der Waals surface area (Å²) in [6.07, 6.45) is 1.00. The number of fused-ring (bicyclic) bond motifs is 2. The molecule has 4 N–H and O–H groups in total. The van der Waals surface area contributed by atoms with Crippen LogP contribution in [0.25, 0.3) is 0 Å². The van der Waals surface area contributed by atoms with Crippen molar-refractivity contribution >= 4 is 58.2 Å². The van der Waals surface area contributed by atoms with Crippen molar-refractivity contribution in [3.05, 3.63) is 130 Å². The number of carbonyl (C=O) groups is 6. The van der Waals surface area contributed by atoms with Crippen molar-refractivity contribution in [2.45, 2.75) is 116 Å². The van der Waals surface area contributed by atoms with Crippen molar-refractivity contribution in [1.82, 2.24) is 0 Å². The Bertz CT molecular complexity index is 2380. The van der Waals surface area contributed by atoms with Crippen molar-refractivity contribution in [2.24, 2.45) is 16.2 Å². The fraction of sp³-hybridized carbons (Fsp3) is 0.407. The molecule has 362 valence electrons. The van der Waals surface area contributed by atoms with Crippen molar-refractivity contribution in [3.63, 3.8) is 0 Å². The number of ether oxygens (including phenoxy) is 3. The van der Waals surface area contributed by atoms with E-state index in [4.69, 9.17) is 19.3 Å². The Kier molecular flexibility index (Phi) is 20.9. The van der Waals surface area contributed by atoms with E-state index in [0.717, 1.165) is 22.5 Å². The molecule has 0 saturated heterocycles. The Labute approximate surface area is 396 Å². The summed E-state index contributed by atoms with van der Waals surface area (Å²) >= 11 is 0. The molecule has 0 amide bonds. The maximum absolute atomic E-state index is 13.8. The highest BCUT2D eigenvalue weighted by molar-refractivity contribution is 6.32. The molecule has 0 saturated carbocycles. The molecule has 13 heteroatoms. The quantitative estimate of drug-likeness (QED) is 0.0391. The van der Waals surface area contributed by atoms with E-state index in [1.807, 2.05) is 102 Å². The first-order valence-corrected chi connectivity index (χ1v) is 22.0. The number of carboxylic acids is 1. The minimum Gasteiger partial charge on any atom is -0.481 e. The van der Waals surface area contributed by atoms with Gasteiger partial charge in [0.15, 0.2) is 11.6 Å². The number of carboxylic acid groups (broad SMARTS) is 1. The number of aliphatic carboxylic acids is 1. The van der Waals surface area contributed by atoms with Crippen molar-refractivity contribution in [2.75, 3.05) is 23.8 Å². The molecule has 0 fully saturated rings. The molecule has 0 bridgehead atoms. The Balaban J connectivity index is 0.000000475. The zero-order valence-electron chi connectivity index (χ0n) is 40.2. The van der Waals surface area contributed by atoms with E-state index in [1.54, 1.807) is 52.0 Å². The molecule has 0 heterocycles. The number of hydrogen-bond acceptors (Lipinski definition) is 12. The molecule has 1 atom stereocenters. The third-order valence-electron chi connectivity index (χ3n) is 11.5. The van der Waals surface area contributed by atoms with Crippen LogP contribution in [0.5, 0.6) is 0 Å². The predicted octanol–water partition coefficient (Wildman–Crippen LogP) is 11.3. The number of esters is 3. The zero-order valence-corrected chi connectivity index (χ0v) is 40.2. The van der Waals surface area contributed by atoms with E-state index < -0.39 is 34.3 Å². The van der Waals surface area contributed by atoms with Gasteiger partial charge >= 0.3 is 23.9 Å². The van der Waals surface area contributed by atoms with Gasteiger partial charge in [-0.05, 0) is 117 Å². The number of aryl methyl sites for hydroxylation is 1. The lowest BCUT2D eigenvalue weighted by molar-refractivity contribution is -0.159. The molecule has 0 spiro atoms. The van der Waals surface area contributed by atoms with Gasteiger partial charge in [0.25, 0.3) is 0 Å². The van der Waals surface area contributed by atoms with Crippen LogP contribution >= 0.6 is 0 Å².